The highest BCUT2D eigenvalue weighted by Crippen LogP contribution is 2.62. The van der Waals surface area contributed by atoms with Crippen LogP contribution >= 0.6 is 7.49 Å². The Hall–Kier alpha value is 1.14. The molecule has 0 rings (SSSR count). The van der Waals surface area contributed by atoms with E-state index in [4.69, 9.17) is 16.9 Å². The van der Waals surface area contributed by atoms with Crippen LogP contribution in [0.5, 0.6) is 0 Å². The maximum atomic E-state index is 6.92. The molecule has 0 atom stereocenters. The second-order valence-corrected chi connectivity index (χ2v) is 33.3. The van der Waals surface area contributed by atoms with Gasteiger partial charge in [-0.15, -0.1) is 0 Å². The molecule has 0 saturated heterocycles. The predicted molar refractivity (Wildman–Crippen MR) is 161 cm³/mol. The largest absolute Gasteiger partial charge is 0.469 e. The molecule has 0 aromatic rings. The maximum absolute atomic E-state index is 6.92. The highest BCUT2D eigenvalue weighted by molar-refractivity contribution is 7.71. The lowest BCUT2D eigenvalue weighted by atomic mass is 10.4. The fourth-order valence-electron chi connectivity index (χ4n) is 4.03. The molecule has 0 spiro atoms. The normalized spacial score (nSPS) is 14.2. The van der Waals surface area contributed by atoms with Crippen molar-refractivity contribution in [3.05, 3.63) is 0 Å². The molecule has 0 N–H and O–H groups in total. The molecule has 0 unspecified atom stereocenters. The summed E-state index contributed by atoms with van der Waals surface area (Å²) < 4.78 is 27.5. The lowest BCUT2D eigenvalue weighted by molar-refractivity contribution is 0.242. The predicted octanol–water partition coefficient (Wildman–Crippen LogP) is 9.22. The maximum Gasteiger partial charge on any atom is 0.469 e. The first-order chi connectivity index (χ1) is 15.0. The van der Waals surface area contributed by atoms with Crippen molar-refractivity contribution < 1.29 is 16.9 Å². The summed E-state index contributed by atoms with van der Waals surface area (Å²) in [6, 6.07) is 0.890. The van der Waals surface area contributed by atoms with Gasteiger partial charge in [-0.2, -0.15) is 0 Å². The van der Waals surface area contributed by atoms with Crippen LogP contribution in [0.15, 0.2) is 0 Å². The van der Waals surface area contributed by atoms with Crippen molar-refractivity contribution in [2.24, 2.45) is 0 Å². The number of hydrogen-bond donors (Lipinski definition) is 0. The fourth-order valence-corrected chi connectivity index (χ4v) is 22.9. The smallest absolute Gasteiger partial charge is 0.417 e. The quantitative estimate of drug-likeness (QED) is 0.0852. The van der Waals surface area contributed by atoms with Crippen molar-refractivity contribution in [2.45, 2.75) is 131 Å². The van der Waals surface area contributed by atoms with Gasteiger partial charge in [0.1, 0.15) is 7.49 Å². The molecular weight excluding hydrogens is 496 g/mol. The van der Waals surface area contributed by atoms with E-state index in [2.05, 4.69) is 79.7 Å². The second kappa shape index (κ2) is 15.4. The van der Waals surface area contributed by atoms with Crippen LogP contribution in [0.25, 0.3) is 0 Å². The Labute approximate surface area is 213 Å². The standard InChI is InChI=1S/C24H60O4PSi4/c1-13-16-21-29(22-17-14-2,23-18-15-3)25-20-19-24-33(26-30(4,5)6,27-31(7,8)9)28-32(10,11)12/h13-24H2,1-12H3/q+1. The number of unbranched alkanes of at least 4 members (excludes halogenated alkanes) is 3. The van der Waals surface area contributed by atoms with Crippen LogP contribution in [-0.4, -0.2) is 58.8 Å². The topological polar surface area (TPSA) is 36.9 Å². The Morgan fingerprint density at radius 2 is 0.848 bits per heavy atom. The molecule has 0 amide bonds. The monoisotopic (exact) mass is 555 g/mol. The summed E-state index contributed by atoms with van der Waals surface area (Å²) in [5, 5.41) is 0. The van der Waals surface area contributed by atoms with E-state index < -0.39 is 41.2 Å². The molecule has 9 heteroatoms. The van der Waals surface area contributed by atoms with E-state index in [1.807, 2.05) is 0 Å². The highest BCUT2D eigenvalue weighted by atomic mass is 31.2. The summed E-state index contributed by atoms with van der Waals surface area (Å²) in [5.74, 6) is 0. The Kier molecular flexibility index (Phi) is 15.9. The van der Waals surface area contributed by atoms with Gasteiger partial charge in [-0.3, -0.25) is 0 Å². The van der Waals surface area contributed by atoms with E-state index in [0.29, 0.717) is 0 Å². The van der Waals surface area contributed by atoms with E-state index in [9.17, 15) is 0 Å². The second-order valence-electron chi connectivity index (χ2n) is 12.6. The molecule has 0 aliphatic heterocycles. The zero-order valence-electron chi connectivity index (χ0n) is 24.6. The highest BCUT2D eigenvalue weighted by Gasteiger charge is 2.50. The van der Waals surface area contributed by atoms with E-state index in [1.165, 1.54) is 57.0 Å². The molecule has 0 aromatic heterocycles. The zero-order chi connectivity index (χ0) is 25.8. The minimum Gasteiger partial charge on any atom is -0.417 e. The fraction of sp³-hybridized carbons (Fsp3) is 1.00. The average molecular weight is 556 g/mol. The molecule has 200 valence electrons. The Balaban J connectivity index is 5.58. The van der Waals surface area contributed by atoms with Crippen LogP contribution in [-0.2, 0) is 16.9 Å². The zero-order valence-corrected chi connectivity index (χ0v) is 29.5. The molecule has 0 aromatic carbocycles. The van der Waals surface area contributed by atoms with Gasteiger partial charge < -0.3 is 12.3 Å². The molecule has 0 aliphatic rings. The minimum absolute atomic E-state index is 0.832. The average Bonchev–Trinajstić information content (AvgIpc) is 2.61. The van der Waals surface area contributed by atoms with Crippen LogP contribution < -0.4 is 0 Å². The lowest BCUT2D eigenvalue weighted by Crippen LogP contribution is -2.60. The van der Waals surface area contributed by atoms with Crippen LogP contribution in [0.2, 0.25) is 65.0 Å². The van der Waals surface area contributed by atoms with Crippen LogP contribution in [0, 0.1) is 0 Å². The molecule has 0 fully saturated rings. The molecule has 0 bridgehead atoms. The van der Waals surface area contributed by atoms with Gasteiger partial charge in [0.05, 0.1) is 25.1 Å². The molecule has 4 nitrogen and oxygen atoms in total. The van der Waals surface area contributed by atoms with Crippen molar-refractivity contribution in [1.82, 2.24) is 0 Å². The van der Waals surface area contributed by atoms with Crippen molar-refractivity contribution in [3.8, 4) is 0 Å². The molecule has 33 heavy (non-hydrogen) atoms. The molecule has 0 heterocycles. The summed E-state index contributed by atoms with van der Waals surface area (Å²) in [7, 11) is -9.55. The molecule has 0 aliphatic carbocycles. The van der Waals surface area contributed by atoms with Gasteiger partial charge in [0, 0.05) is 6.04 Å². The lowest BCUT2D eigenvalue weighted by Gasteiger charge is -2.43. The third-order valence-corrected chi connectivity index (χ3v) is 21.3. The minimum atomic E-state index is -2.76. The van der Waals surface area contributed by atoms with Gasteiger partial charge >= 0.3 is 8.80 Å². The summed E-state index contributed by atoms with van der Waals surface area (Å²) in [6.07, 6.45) is 12.6. The van der Waals surface area contributed by atoms with Crippen LogP contribution in [0.1, 0.15) is 65.7 Å². The van der Waals surface area contributed by atoms with Gasteiger partial charge in [0.25, 0.3) is 0 Å². The summed E-state index contributed by atoms with van der Waals surface area (Å²) >= 11 is 0. The van der Waals surface area contributed by atoms with Gasteiger partial charge in [0.2, 0.25) is 0 Å². The first kappa shape index (κ1) is 34.1. The Morgan fingerprint density at radius 1 is 0.515 bits per heavy atom. The summed E-state index contributed by atoms with van der Waals surface area (Å²) in [5.41, 5.74) is 0. The van der Waals surface area contributed by atoms with Gasteiger partial charge in [-0.1, -0.05) is 40.0 Å². The number of rotatable bonds is 20. The first-order valence-corrected chi connectivity index (χ1v) is 28.0. The Morgan fingerprint density at radius 3 is 1.12 bits per heavy atom. The molecule has 0 radical (unpaired) electrons. The van der Waals surface area contributed by atoms with Gasteiger partial charge in [-0.25, -0.2) is 4.52 Å². The van der Waals surface area contributed by atoms with Crippen LogP contribution in [0.3, 0.4) is 0 Å². The van der Waals surface area contributed by atoms with Crippen molar-refractivity contribution in [1.29, 1.82) is 0 Å². The van der Waals surface area contributed by atoms with Crippen molar-refractivity contribution in [3.63, 3.8) is 0 Å². The SMILES string of the molecule is CCCC[P+](CCCC)(CCCC)OCCC[Si](O[Si](C)(C)C)(O[Si](C)(C)C)O[Si](C)(C)C. The third-order valence-electron chi connectivity index (χ3n) is 5.14. The molecule has 0 saturated carbocycles. The van der Waals surface area contributed by atoms with Crippen molar-refractivity contribution >= 4 is 41.2 Å². The molecular formula is C24H60O4PSi4+. The Bertz CT molecular complexity index is 453. The summed E-state index contributed by atoms with van der Waals surface area (Å²) in [4.78, 5) is 0. The van der Waals surface area contributed by atoms with E-state index in [1.54, 1.807) is 0 Å². The van der Waals surface area contributed by atoms with E-state index in [0.717, 1.165) is 19.1 Å². The van der Waals surface area contributed by atoms with Gasteiger partial charge in [0.15, 0.2) is 25.0 Å². The third kappa shape index (κ3) is 17.3. The van der Waals surface area contributed by atoms with Crippen molar-refractivity contribution in [2.75, 3.05) is 25.1 Å². The summed E-state index contributed by atoms with van der Waals surface area (Å²) in [6.45, 7) is 28.2. The van der Waals surface area contributed by atoms with E-state index in [-0.39, 0.29) is 0 Å². The van der Waals surface area contributed by atoms with Gasteiger partial charge in [-0.05, 0) is 84.6 Å². The van der Waals surface area contributed by atoms with E-state index >= 15 is 0 Å². The van der Waals surface area contributed by atoms with Crippen LogP contribution in [0.4, 0.5) is 0 Å². The number of hydrogen-bond acceptors (Lipinski definition) is 4. The first-order valence-electron chi connectivity index (χ1n) is 13.6.